The lowest BCUT2D eigenvalue weighted by atomic mass is 9.92. The largest absolute Gasteiger partial charge is 0.398 e. The molecule has 0 radical (unpaired) electrons. The molecule has 1 aromatic rings. The van der Waals surface area contributed by atoms with Gasteiger partial charge in [0.2, 0.25) is 0 Å². The minimum Gasteiger partial charge on any atom is -0.398 e. The number of anilines is 1. The monoisotopic (exact) mass is 232 g/mol. The standard InChI is InChI=1S/C14H20N2O/c1-14(2,10-17)9-16-7-6-12-11(8-16)4-3-5-13(12)15/h3-5,10H,6-9,15H2,1-2H3. The molecule has 1 heterocycles. The summed E-state index contributed by atoms with van der Waals surface area (Å²) in [6, 6.07) is 6.10. The molecule has 3 nitrogen and oxygen atoms in total. The van der Waals surface area contributed by atoms with Gasteiger partial charge in [0.1, 0.15) is 6.29 Å². The van der Waals surface area contributed by atoms with Crippen LogP contribution in [-0.2, 0) is 17.8 Å². The quantitative estimate of drug-likeness (QED) is 0.639. The van der Waals surface area contributed by atoms with Crippen LogP contribution >= 0.6 is 0 Å². The number of nitrogen functional groups attached to an aromatic ring is 1. The van der Waals surface area contributed by atoms with Gasteiger partial charge in [0.25, 0.3) is 0 Å². The molecule has 0 aliphatic carbocycles. The number of nitrogens with zero attached hydrogens (tertiary/aromatic N) is 1. The Labute approximate surface area is 103 Å². The predicted octanol–water partition coefficient (Wildman–Crippen LogP) is 1.85. The Hall–Kier alpha value is -1.35. The van der Waals surface area contributed by atoms with E-state index in [4.69, 9.17) is 5.73 Å². The average molecular weight is 232 g/mol. The van der Waals surface area contributed by atoms with Gasteiger partial charge in [-0.1, -0.05) is 26.0 Å². The van der Waals surface area contributed by atoms with Crippen LogP contribution in [0.3, 0.4) is 0 Å². The fourth-order valence-electron chi connectivity index (χ4n) is 2.45. The fourth-order valence-corrected chi connectivity index (χ4v) is 2.45. The van der Waals surface area contributed by atoms with Crippen LogP contribution in [0.4, 0.5) is 5.69 Å². The van der Waals surface area contributed by atoms with E-state index in [1.165, 1.54) is 11.1 Å². The van der Waals surface area contributed by atoms with Gasteiger partial charge in [0.05, 0.1) is 0 Å². The Morgan fingerprint density at radius 3 is 2.94 bits per heavy atom. The van der Waals surface area contributed by atoms with E-state index in [0.29, 0.717) is 0 Å². The van der Waals surface area contributed by atoms with Crippen LogP contribution in [0.25, 0.3) is 0 Å². The first-order chi connectivity index (χ1) is 8.02. The van der Waals surface area contributed by atoms with Crippen LogP contribution in [0.2, 0.25) is 0 Å². The third-order valence-electron chi connectivity index (χ3n) is 3.33. The van der Waals surface area contributed by atoms with Crippen LogP contribution in [0.1, 0.15) is 25.0 Å². The lowest BCUT2D eigenvalue weighted by Gasteiger charge is -2.33. The Kier molecular flexibility index (Phi) is 3.20. The second kappa shape index (κ2) is 4.49. The maximum absolute atomic E-state index is 11.0. The SMILES string of the molecule is CC(C)(C=O)CN1CCc2c(N)cccc2C1. The fraction of sp³-hybridized carbons (Fsp3) is 0.500. The number of rotatable bonds is 3. The van der Waals surface area contributed by atoms with Crippen molar-refractivity contribution >= 4 is 12.0 Å². The summed E-state index contributed by atoms with van der Waals surface area (Å²) in [6.45, 7) is 6.66. The molecule has 2 rings (SSSR count). The summed E-state index contributed by atoms with van der Waals surface area (Å²) in [5.41, 5.74) is 9.19. The van der Waals surface area contributed by atoms with Crippen molar-refractivity contribution < 1.29 is 4.79 Å². The zero-order valence-corrected chi connectivity index (χ0v) is 10.6. The van der Waals surface area contributed by atoms with E-state index in [2.05, 4.69) is 11.0 Å². The highest BCUT2D eigenvalue weighted by Crippen LogP contribution is 2.26. The van der Waals surface area contributed by atoms with Gasteiger partial charge in [0, 0.05) is 30.7 Å². The van der Waals surface area contributed by atoms with Crippen LogP contribution < -0.4 is 5.73 Å². The van der Waals surface area contributed by atoms with E-state index < -0.39 is 0 Å². The predicted molar refractivity (Wildman–Crippen MR) is 69.7 cm³/mol. The van der Waals surface area contributed by atoms with Gasteiger partial charge in [-0.15, -0.1) is 0 Å². The second-order valence-corrected chi connectivity index (χ2v) is 5.55. The smallest absolute Gasteiger partial charge is 0.126 e. The van der Waals surface area contributed by atoms with Crippen LogP contribution in [0.5, 0.6) is 0 Å². The van der Waals surface area contributed by atoms with Crippen LogP contribution in [0.15, 0.2) is 18.2 Å². The maximum atomic E-state index is 11.0. The highest BCUT2D eigenvalue weighted by atomic mass is 16.1. The van der Waals surface area contributed by atoms with E-state index in [9.17, 15) is 4.79 Å². The Balaban J connectivity index is 2.12. The summed E-state index contributed by atoms with van der Waals surface area (Å²) < 4.78 is 0. The molecule has 1 aromatic carbocycles. The number of hydrogen-bond donors (Lipinski definition) is 1. The number of fused-ring (bicyclic) bond motifs is 1. The summed E-state index contributed by atoms with van der Waals surface area (Å²) in [5, 5.41) is 0. The summed E-state index contributed by atoms with van der Waals surface area (Å²) in [6.07, 6.45) is 2.03. The zero-order chi connectivity index (χ0) is 12.5. The lowest BCUT2D eigenvalue weighted by molar-refractivity contribution is -0.115. The number of carbonyl (C=O) groups is 1. The number of carbonyl (C=O) groups excluding carboxylic acids is 1. The molecule has 0 aromatic heterocycles. The topological polar surface area (TPSA) is 46.3 Å². The molecule has 0 atom stereocenters. The normalized spacial score (nSPS) is 16.6. The number of nitrogens with two attached hydrogens (primary N) is 1. The van der Waals surface area contributed by atoms with Gasteiger partial charge in [-0.05, 0) is 23.6 Å². The Bertz CT molecular complexity index is 426. The highest BCUT2D eigenvalue weighted by Gasteiger charge is 2.24. The zero-order valence-electron chi connectivity index (χ0n) is 10.6. The van der Waals surface area contributed by atoms with E-state index in [-0.39, 0.29) is 5.41 Å². The lowest BCUT2D eigenvalue weighted by Crippen LogP contribution is -2.38. The molecule has 0 unspecified atom stereocenters. The van der Waals surface area contributed by atoms with Crippen molar-refractivity contribution in [1.29, 1.82) is 0 Å². The van der Waals surface area contributed by atoms with Crippen molar-refractivity contribution in [3.05, 3.63) is 29.3 Å². The van der Waals surface area contributed by atoms with Gasteiger partial charge in [-0.3, -0.25) is 4.90 Å². The molecule has 2 N–H and O–H groups in total. The molecule has 0 saturated heterocycles. The number of aldehydes is 1. The van der Waals surface area contributed by atoms with Gasteiger partial charge in [-0.25, -0.2) is 0 Å². The van der Waals surface area contributed by atoms with Crippen molar-refractivity contribution in [1.82, 2.24) is 4.90 Å². The first-order valence-electron chi connectivity index (χ1n) is 6.07. The van der Waals surface area contributed by atoms with Gasteiger partial charge in [-0.2, -0.15) is 0 Å². The minimum atomic E-state index is -0.266. The molecule has 1 aliphatic heterocycles. The van der Waals surface area contributed by atoms with Crippen molar-refractivity contribution in [2.24, 2.45) is 5.41 Å². The third kappa shape index (κ3) is 2.67. The molecule has 0 fully saturated rings. The molecular formula is C14H20N2O. The molecule has 0 saturated carbocycles. The van der Waals surface area contributed by atoms with Crippen molar-refractivity contribution in [2.45, 2.75) is 26.8 Å². The van der Waals surface area contributed by atoms with Crippen LogP contribution in [-0.4, -0.2) is 24.3 Å². The van der Waals surface area contributed by atoms with E-state index in [1.54, 1.807) is 0 Å². The van der Waals surface area contributed by atoms with Crippen LogP contribution in [0, 0.1) is 5.41 Å². The molecule has 0 amide bonds. The van der Waals surface area contributed by atoms with Crippen molar-refractivity contribution in [3.63, 3.8) is 0 Å². The van der Waals surface area contributed by atoms with E-state index >= 15 is 0 Å². The molecule has 0 spiro atoms. The van der Waals surface area contributed by atoms with Crippen molar-refractivity contribution in [2.75, 3.05) is 18.8 Å². The molecule has 1 aliphatic rings. The second-order valence-electron chi connectivity index (χ2n) is 5.55. The summed E-state index contributed by atoms with van der Waals surface area (Å²) >= 11 is 0. The number of benzene rings is 1. The first kappa shape index (κ1) is 12.1. The molecule has 92 valence electrons. The van der Waals surface area contributed by atoms with E-state index in [1.807, 2.05) is 26.0 Å². The van der Waals surface area contributed by atoms with Crippen molar-refractivity contribution in [3.8, 4) is 0 Å². The Morgan fingerprint density at radius 2 is 2.24 bits per heavy atom. The molecule has 17 heavy (non-hydrogen) atoms. The minimum absolute atomic E-state index is 0.266. The van der Waals surface area contributed by atoms with E-state index in [0.717, 1.165) is 38.0 Å². The molecule has 0 bridgehead atoms. The van der Waals surface area contributed by atoms with Gasteiger partial charge in [0.15, 0.2) is 0 Å². The average Bonchev–Trinajstić information content (AvgIpc) is 2.29. The maximum Gasteiger partial charge on any atom is 0.126 e. The Morgan fingerprint density at radius 1 is 1.47 bits per heavy atom. The molecular weight excluding hydrogens is 212 g/mol. The molecule has 3 heteroatoms. The summed E-state index contributed by atoms with van der Waals surface area (Å²) in [4.78, 5) is 13.3. The third-order valence-corrected chi connectivity index (χ3v) is 3.33. The van der Waals surface area contributed by atoms with Gasteiger partial charge < -0.3 is 10.5 Å². The first-order valence-corrected chi connectivity index (χ1v) is 6.07. The summed E-state index contributed by atoms with van der Waals surface area (Å²) in [7, 11) is 0. The van der Waals surface area contributed by atoms with Gasteiger partial charge >= 0.3 is 0 Å². The highest BCUT2D eigenvalue weighted by molar-refractivity contribution is 5.58. The summed E-state index contributed by atoms with van der Waals surface area (Å²) in [5.74, 6) is 0. The number of hydrogen-bond acceptors (Lipinski definition) is 3.